The number of halogens is 1. The number of hydrogen-bond acceptors (Lipinski definition) is 11. The first-order valence-electron chi connectivity index (χ1n) is 17.8. The number of nitrogens with zero attached hydrogens (tertiary/aromatic N) is 6. The number of piperidine rings is 2. The zero-order valence-electron chi connectivity index (χ0n) is 29.6. The third-order valence-corrected chi connectivity index (χ3v) is 12.5. The van der Waals surface area contributed by atoms with Gasteiger partial charge in [0.05, 0.1) is 23.3 Å². The van der Waals surface area contributed by atoms with Gasteiger partial charge in [-0.1, -0.05) is 23.7 Å². The largest absolute Gasteiger partial charge is 0.485 e. The van der Waals surface area contributed by atoms with E-state index in [1.165, 1.54) is 12.1 Å². The minimum atomic E-state index is -1.07. The van der Waals surface area contributed by atoms with E-state index < -0.39 is 41.3 Å². The van der Waals surface area contributed by atoms with E-state index in [0.717, 1.165) is 37.2 Å². The highest BCUT2D eigenvalue weighted by atomic mass is 35.5. The Morgan fingerprint density at radius 2 is 1.70 bits per heavy atom. The summed E-state index contributed by atoms with van der Waals surface area (Å²) in [4.78, 5) is 74.1. The molecule has 2 aromatic heterocycles. The fourth-order valence-electron chi connectivity index (χ4n) is 7.98. The number of imide groups is 2. The Kier molecular flexibility index (Phi) is 8.01. The highest BCUT2D eigenvalue weighted by Gasteiger charge is 2.48. The summed E-state index contributed by atoms with van der Waals surface area (Å²) >= 11 is 7.91. The minimum Gasteiger partial charge on any atom is -0.485 e. The van der Waals surface area contributed by atoms with Crippen LogP contribution in [-0.4, -0.2) is 91.2 Å². The van der Waals surface area contributed by atoms with Crippen LogP contribution in [0.25, 0.3) is 5.00 Å². The summed E-state index contributed by atoms with van der Waals surface area (Å²) in [5, 5.41) is 12.7. The molecule has 2 aromatic carbocycles. The van der Waals surface area contributed by atoms with Gasteiger partial charge in [-0.15, -0.1) is 21.5 Å². The van der Waals surface area contributed by atoms with Crippen molar-refractivity contribution in [1.29, 1.82) is 0 Å². The predicted molar refractivity (Wildman–Crippen MR) is 196 cm³/mol. The maximum Gasteiger partial charge on any atom is 0.262 e. The van der Waals surface area contributed by atoms with Crippen LogP contribution in [0.4, 0.5) is 0 Å². The maximum atomic E-state index is 14.1. The van der Waals surface area contributed by atoms with Crippen molar-refractivity contribution in [2.45, 2.75) is 70.6 Å². The summed E-state index contributed by atoms with van der Waals surface area (Å²) < 4.78 is 14.7. The van der Waals surface area contributed by atoms with Crippen LogP contribution in [0.5, 0.6) is 11.5 Å². The lowest BCUT2D eigenvalue weighted by atomic mass is 9.90. The molecule has 1 unspecified atom stereocenters. The van der Waals surface area contributed by atoms with Crippen molar-refractivity contribution in [2.75, 3.05) is 19.7 Å². The standard InChI is InChI=1S/C38H34ClN7O7S/c1-18-19(2)54-37-31(18)32(21-4-6-22(39)7-5-21)40-25(33-43-42-20(3)45(33)37)16-30(48)44-12-10-38(11-13-44)17-52-27-14-23-24(15-28(27)53-38)36(51)46(35(23)50)26-8-9-29(47)41-34(26)49/h4-7,14-15,25-26H,8-13,16-17H2,1-3H3,(H,41,47,49)/t25-,26?/m0/s1. The van der Waals surface area contributed by atoms with Crippen molar-refractivity contribution in [2.24, 2.45) is 4.99 Å². The molecule has 276 valence electrons. The van der Waals surface area contributed by atoms with Crippen LogP contribution in [-0.2, 0) is 14.4 Å². The van der Waals surface area contributed by atoms with E-state index in [1.54, 1.807) is 11.3 Å². The third-order valence-electron chi connectivity index (χ3n) is 11.1. The van der Waals surface area contributed by atoms with Crippen molar-refractivity contribution in [3.63, 3.8) is 0 Å². The summed E-state index contributed by atoms with van der Waals surface area (Å²) in [6, 6.07) is 8.88. The second-order valence-corrected chi connectivity index (χ2v) is 16.0. The van der Waals surface area contributed by atoms with Gasteiger partial charge >= 0.3 is 0 Å². The first-order valence-corrected chi connectivity index (χ1v) is 19.0. The van der Waals surface area contributed by atoms with Gasteiger partial charge in [-0.3, -0.25) is 43.7 Å². The number of amides is 5. The molecule has 2 atom stereocenters. The second kappa shape index (κ2) is 12.6. The van der Waals surface area contributed by atoms with E-state index in [4.69, 9.17) is 26.1 Å². The van der Waals surface area contributed by atoms with Crippen molar-refractivity contribution in [3.8, 4) is 16.5 Å². The molecule has 4 aromatic rings. The zero-order chi connectivity index (χ0) is 37.6. The van der Waals surface area contributed by atoms with Gasteiger partial charge in [0.15, 0.2) is 17.3 Å². The molecule has 5 amide bonds. The number of carbonyl (C=O) groups excluding carboxylic acids is 5. The summed E-state index contributed by atoms with van der Waals surface area (Å²) in [6.07, 6.45) is 1.12. The molecule has 0 aliphatic carbocycles. The van der Waals surface area contributed by atoms with E-state index in [2.05, 4.69) is 29.4 Å². The van der Waals surface area contributed by atoms with Crippen molar-refractivity contribution < 1.29 is 33.4 Å². The van der Waals surface area contributed by atoms with Crippen LogP contribution in [0.2, 0.25) is 5.02 Å². The van der Waals surface area contributed by atoms with Crippen LogP contribution in [0.3, 0.4) is 0 Å². The van der Waals surface area contributed by atoms with Crippen LogP contribution in [0, 0.1) is 20.8 Å². The van der Waals surface area contributed by atoms with E-state index in [1.807, 2.05) is 40.7 Å². The van der Waals surface area contributed by atoms with E-state index in [9.17, 15) is 24.0 Å². The van der Waals surface area contributed by atoms with Crippen molar-refractivity contribution in [1.82, 2.24) is 29.9 Å². The molecular formula is C38H34ClN7O7S. The number of likely N-dealkylation sites (tertiary alicyclic amines) is 1. The molecule has 2 saturated heterocycles. The number of nitrogens with one attached hydrogen (secondary N) is 1. The zero-order valence-corrected chi connectivity index (χ0v) is 31.2. The van der Waals surface area contributed by atoms with Crippen LogP contribution in [0.15, 0.2) is 41.4 Å². The van der Waals surface area contributed by atoms with Crippen LogP contribution < -0.4 is 14.8 Å². The Bertz CT molecular complexity index is 2360. The van der Waals surface area contributed by atoms with Crippen LogP contribution >= 0.6 is 22.9 Å². The maximum absolute atomic E-state index is 14.1. The number of aryl methyl sites for hydroxylation is 2. The van der Waals surface area contributed by atoms with Crippen molar-refractivity contribution >= 4 is 58.2 Å². The topological polar surface area (TPSA) is 165 Å². The van der Waals surface area contributed by atoms with Gasteiger partial charge in [0.2, 0.25) is 17.7 Å². The fourth-order valence-corrected chi connectivity index (χ4v) is 9.32. The number of hydrogen-bond donors (Lipinski definition) is 1. The highest BCUT2D eigenvalue weighted by molar-refractivity contribution is 7.15. The molecule has 9 rings (SSSR count). The SMILES string of the molecule is Cc1sc2c(c1C)C(c1ccc(Cl)cc1)=N[C@@H](CC(=O)N1CCC3(CC1)COc1cc4c(cc1O3)C(=O)N(C1CCC(=O)NC1=O)C4=O)c1nnc(C)n1-2. The lowest BCUT2D eigenvalue weighted by Crippen LogP contribution is -2.54. The van der Waals surface area contributed by atoms with Crippen LogP contribution in [0.1, 0.15) is 92.1 Å². The summed E-state index contributed by atoms with van der Waals surface area (Å²) in [7, 11) is 0. The van der Waals surface area contributed by atoms with Crippen molar-refractivity contribution in [3.05, 3.63) is 85.8 Å². The normalized spacial score (nSPS) is 21.4. The van der Waals surface area contributed by atoms with Gasteiger partial charge in [0, 0.05) is 53.4 Å². The average molecular weight is 768 g/mol. The molecule has 16 heteroatoms. The lowest BCUT2D eigenvalue weighted by molar-refractivity contribution is -0.137. The van der Waals surface area contributed by atoms with Gasteiger partial charge < -0.3 is 14.4 Å². The summed E-state index contributed by atoms with van der Waals surface area (Å²) in [5.74, 6) is -0.460. The molecule has 7 heterocycles. The third kappa shape index (κ3) is 5.43. The fraction of sp³-hybridized carbons (Fsp3) is 0.368. The summed E-state index contributed by atoms with van der Waals surface area (Å²) in [6.45, 7) is 7.08. The number of carbonyl (C=O) groups is 5. The number of ether oxygens (including phenoxy) is 2. The van der Waals surface area contributed by atoms with E-state index >= 15 is 0 Å². The molecule has 0 bridgehead atoms. The number of fused-ring (bicyclic) bond motifs is 5. The van der Waals surface area contributed by atoms with E-state index in [-0.39, 0.29) is 42.9 Å². The Morgan fingerprint density at radius 1 is 1.00 bits per heavy atom. The first kappa shape index (κ1) is 34.4. The molecule has 1 spiro atoms. The monoisotopic (exact) mass is 767 g/mol. The molecule has 5 aliphatic rings. The number of aromatic nitrogens is 3. The quantitative estimate of drug-likeness (QED) is 0.296. The Labute approximate surface area is 318 Å². The Balaban J connectivity index is 0.933. The van der Waals surface area contributed by atoms with Gasteiger partial charge in [0.25, 0.3) is 11.8 Å². The second-order valence-electron chi connectivity index (χ2n) is 14.4. The van der Waals surface area contributed by atoms with Gasteiger partial charge in [0.1, 0.15) is 35.1 Å². The Hall–Kier alpha value is -5.41. The predicted octanol–water partition coefficient (Wildman–Crippen LogP) is 4.42. The molecule has 0 radical (unpaired) electrons. The van der Waals surface area contributed by atoms with Gasteiger partial charge in [-0.25, -0.2) is 0 Å². The number of aliphatic imine (C=N–C) groups is 1. The number of rotatable bonds is 4. The number of thiophene rings is 1. The molecule has 2 fully saturated rings. The first-order chi connectivity index (χ1) is 25.9. The molecule has 5 aliphatic heterocycles. The number of benzene rings is 2. The molecule has 14 nitrogen and oxygen atoms in total. The molecule has 54 heavy (non-hydrogen) atoms. The average Bonchev–Trinajstić information content (AvgIpc) is 3.72. The van der Waals surface area contributed by atoms with E-state index in [0.29, 0.717) is 54.1 Å². The minimum absolute atomic E-state index is 0.0312. The van der Waals surface area contributed by atoms with Gasteiger partial charge in [-0.2, -0.15) is 0 Å². The Morgan fingerprint density at radius 3 is 2.41 bits per heavy atom. The molecular weight excluding hydrogens is 734 g/mol. The summed E-state index contributed by atoms with van der Waals surface area (Å²) in [5.41, 5.74) is 3.26. The van der Waals surface area contributed by atoms with Gasteiger partial charge in [-0.05, 0) is 57.0 Å². The smallest absolute Gasteiger partial charge is 0.262 e. The lowest BCUT2D eigenvalue weighted by Gasteiger charge is -2.44. The molecule has 0 saturated carbocycles. The highest BCUT2D eigenvalue weighted by Crippen LogP contribution is 2.44. The molecule has 1 N–H and O–H groups in total.